The van der Waals surface area contributed by atoms with Gasteiger partial charge < -0.3 is 28.5 Å². The fourth-order valence-corrected chi connectivity index (χ4v) is 5.78. The molecule has 0 aromatic heterocycles. The van der Waals surface area contributed by atoms with Gasteiger partial charge in [-0.3, -0.25) is 4.79 Å². The number of likely N-dealkylation sites (N-methyl/N-ethyl adjacent to an activating group) is 1. The fourth-order valence-electron chi connectivity index (χ4n) is 5.78. The van der Waals surface area contributed by atoms with Gasteiger partial charge in [0.05, 0.1) is 26.2 Å². The van der Waals surface area contributed by atoms with Crippen molar-refractivity contribution in [2.75, 3.05) is 20.1 Å². The smallest absolute Gasteiger partial charge is 0.133 e. The molecule has 0 N–H and O–H groups in total. The maximum absolute atomic E-state index is 12.3. The van der Waals surface area contributed by atoms with Crippen LogP contribution < -0.4 is 24.0 Å². The Morgan fingerprint density at radius 1 is 1.39 bits per heavy atom. The Labute approximate surface area is 156 Å². The molecule has 2 fully saturated rings. The van der Waals surface area contributed by atoms with Gasteiger partial charge in [-0.2, -0.15) is 0 Å². The van der Waals surface area contributed by atoms with E-state index in [1.807, 2.05) is 0 Å². The van der Waals surface area contributed by atoms with Gasteiger partial charge in [-0.05, 0) is 23.6 Å². The third-order valence-electron chi connectivity index (χ3n) is 6.82. The van der Waals surface area contributed by atoms with Gasteiger partial charge in [-0.25, -0.2) is 0 Å². The highest BCUT2D eigenvalue weighted by Crippen LogP contribution is 2.56. The monoisotopic (exact) mass is 423 g/mol. The molecule has 0 spiro atoms. The maximum atomic E-state index is 12.3. The number of fused-ring (bicyclic) bond motifs is 1. The number of likely N-dealkylation sites (tertiary alicyclic amines) is 1. The van der Waals surface area contributed by atoms with Gasteiger partial charge in [-0.15, -0.1) is 0 Å². The van der Waals surface area contributed by atoms with Crippen LogP contribution in [-0.2, 0) is 16.6 Å². The van der Waals surface area contributed by atoms with Crippen LogP contribution in [-0.4, -0.2) is 36.4 Å². The third-order valence-corrected chi connectivity index (χ3v) is 6.82. The number of benzene rings is 1. The van der Waals surface area contributed by atoms with E-state index in [0.717, 1.165) is 36.7 Å². The minimum atomic E-state index is 0. The van der Waals surface area contributed by atoms with Crippen LogP contribution in [0.5, 0.6) is 0 Å². The normalized spacial score (nSPS) is 38.0. The van der Waals surface area contributed by atoms with Crippen molar-refractivity contribution in [1.29, 1.82) is 0 Å². The Bertz CT molecular complexity index is 642. The number of ketones is 1. The van der Waals surface area contributed by atoms with E-state index in [-0.39, 0.29) is 29.4 Å². The number of halogens is 1. The molecule has 1 aliphatic heterocycles. The van der Waals surface area contributed by atoms with Crippen molar-refractivity contribution in [2.24, 2.45) is 5.92 Å². The van der Waals surface area contributed by atoms with Crippen LogP contribution in [0.4, 0.5) is 0 Å². The first-order chi connectivity index (χ1) is 10.6. The summed E-state index contributed by atoms with van der Waals surface area (Å²) in [4.78, 5) is 12.3. The van der Waals surface area contributed by atoms with Crippen molar-refractivity contribution in [3.05, 3.63) is 48.0 Å². The molecular weight excluding hydrogens is 397 g/mol. The van der Waals surface area contributed by atoms with Gasteiger partial charge in [0.1, 0.15) is 5.78 Å². The first-order valence-electron chi connectivity index (χ1n) is 8.64. The molecular formula is C20H26INO. The number of nitrogens with zero attached hydrogens (tertiary/aromatic N) is 1. The number of Topliss-reactive ketones (excluding diaryl/α,β-unsaturated/α-hetero) is 1. The summed E-state index contributed by atoms with van der Waals surface area (Å²) >= 11 is 0. The zero-order valence-electron chi connectivity index (χ0n) is 13.9. The second-order valence-corrected chi connectivity index (χ2v) is 7.87. The van der Waals surface area contributed by atoms with Crippen LogP contribution in [0.15, 0.2) is 36.9 Å². The summed E-state index contributed by atoms with van der Waals surface area (Å²) in [6.45, 7) is 6.22. The molecule has 1 saturated carbocycles. The number of rotatable bonds is 2. The highest BCUT2D eigenvalue weighted by molar-refractivity contribution is 5.81. The van der Waals surface area contributed by atoms with Gasteiger partial charge in [0.25, 0.3) is 0 Å². The second-order valence-electron chi connectivity index (χ2n) is 7.87. The Kier molecular flexibility index (Phi) is 4.47. The summed E-state index contributed by atoms with van der Waals surface area (Å²) in [5.74, 6) is 1.14. The largest absolute Gasteiger partial charge is 1.00 e. The highest BCUT2D eigenvalue weighted by atomic mass is 127. The second kappa shape index (κ2) is 5.99. The zero-order chi connectivity index (χ0) is 15.4. The summed E-state index contributed by atoms with van der Waals surface area (Å²) in [6.07, 6.45) is 7.06. The van der Waals surface area contributed by atoms with Gasteiger partial charge in [0, 0.05) is 37.0 Å². The Hall–Kier alpha value is -0.680. The van der Waals surface area contributed by atoms with Gasteiger partial charge >= 0.3 is 0 Å². The predicted octanol–water partition coefficient (Wildman–Crippen LogP) is 0.259. The molecule has 1 aromatic carbocycles. The van der Waals surface area contributed by atoms with E-state index in [9.17, 15) is 4.79 Å². The minimum absolute atomic E-state index is 0. The Morgan fingerprint density at radius 3 is 2.96 bits per heavy atom. The lowest BCUT2D eigenvalue weighted by atomic mass is 9.51. The standard InChI is InChI=1S/C20H26NO.HI/c1-3-11-21(2)12-10-20-14-16(22)8-9-18(20)19(21)13-15-6-4-5-7-17(15)20;/h3-7,18-19H,1,8-14H2,2H3;1H/q+1;/p-1/t18-,19+,20+,21?;/m0./s1. The first kappa shape index (κ1) is 17.2. The molecule has 1 saturated heterocycles. The highest BCUT2D eigenvalue weighted by Gasteiger charge is 2.59. The number of piperidine rings is 1. The van der Waals surface area contributed by atoms with Crippen LogP contribution >= 0.6 is 0 Å². The summed E-state index contributed by atoms with van der Waals surface area (Å²) in [7, 11) is 2.40. The molecule has 4 rings (SSSR count). The number of hydrogen-bond donors (Lipinski definition) is 0. The van der Waals surface area contributed by atoms with Crippen molar-refractivity contribution in [2.45, 2.75) is 43.6 Å². The Morgan fingerprint density at radius 2 is 2.17 bits per heavy atom. The van der Waals surface area contributed by atoms with E-state index in [1.54, 1.807) is 0 Å². The van der Waals surface area contributed by atoms with E-state index >= 15 is 0 Å². The topological polar surface area (TPSA) is 17.1 Å². The lowest BCUT2D eigenvalue weighted by molar-refractivity contribution is -0.939. The van der Waals surface area contributed by atoms with Crippen molar-refractivity contribution in [3.8, 4) is 0 Å². The fraction of sp³-hybridized carbons (Fsp3) is 0.550. The average Bonchev–Trinajstić information content (AvgIpc) is 2.51. The molecule has 2 bridgehead atoms. The van der Waals surface area contributed by atoms with Gasteiger partial charge in [0.15, 0.2) is 0 Å². The van der Waals surface area contributed by atoms with Crippen LogP contribution in [0, 0.1) is 5.92 Å². The molecule has 2 nitrogen and oxygen atoms in total. The number of carbonyl (C=O) groups excluding carboxylic acids is 1. The lowest BCUT2D eigenvalue weighted by Crippen LogP contribution is -3.00. The SMILES string of the molecule is C=CC[N+]1(C)CC[C@]23CC(=O)CC[C@H]2[C@H]1Cc1ccccc13.[I-]. The predicted molar refractivity (Wildman–Crippen MR) is 88.7 cm³/mol. The zero-order valence-corrected chi connectivity index (χ0v) is 16.1. The first-order valence-corrected chi connectivity index (χ1v) is 8.64. The molecule has 3 heteroatoms. The van der Waals surface area contributed by atoms with Gasteiger partial charge in [0.2, 0.25) is 0 Å². The summed E-state index contributed by atoms with van der Waals surface area (Å²) in [5, 5.41) is 0. The number of carbonyl (C=O) groups is 1. The molecule has 0 radical (unpaired) electrons. The van der Waals surface area contributed by atoms with Crippen LogP contribution in [0.2, 0.25) is 0 Å². The van der Waals surface area contributed by atoms with E-state index in [0.29, 0.717) is 17.7 Å². The molecule has 23 heavy (non-hydrogen) atoms. The summed E-state index contributed by atoms with van der Waals surface area (Å²) in [6, 6.07) is 9.57. The third kappa shape index (κ3) is 2.42. The van der Waals surface area contributed by atoms with E-state index in [4.69, 9.17) is 0 Å². The molecule has 3 aliphatic rings. The van der Waals surface area contributed by atoms with Crippen LogP contribution in [0.1, 0.15) is 36.8 Å². The molecule has 1 heterocycles. The minimum Gasteiger partial charge on any atom is -1.00 e. The molecule has 2 aliphatic carbocycles. The molecule has 124 valence electrons. The van der Waals surface area contributed by atoms with Crippen LogP contribution in [0.25, 0.3) is 0 Å². The molecule has 1 aromatic rings. The van der Waals surface area contributed by atoms with Gasteiger partial charge in [-0.1, -0.05) is 30.8 Å². The maximum Gasteiger partial charge on any atom is 0.133 e. The number of quaternary nitrogens is 1. The van der Waals surface area contributed by atoms with E-state index in [1.165, 1.54) is 24.1 Å². The van der Waals surface area contributed by atoms with E-state index < -0.39 is 0 Å². The summed E-state index contributed by atoms with van der Waals surface area (Å²) in [5.41, 5.74) is 3.12. The molecule has 4 atom stereocenters. The quantitative estimate of drug-likeness (QED) is 0.379. The summed E-state index contributed by atoms with van der Waals surface area (Å²) < 4.78 is 1.11. The molecule has 1 unspecified atom stereocenters. The van der Waals surface area contributed by atoms with Crippen LogP contribution in [0.3, 0.4) is 0 Å². The van der Waals surface area contributed by atoms with Crippen molar-refractivity contribution < 1.29 is 33.3 Å². The Balaban J connectivity index is 0.00000156. The average molecular weight is 423 g/mol. The number of hydrogen-bond acceptors (Lipinski definition) is 1. The lowest BCUT2D eigenvalue weighted by Gasteiger charge is -2.61. The van der Waals surface area contributed by atoms with Crippen molar-refractivity contribution in [3.63, 3.8) is 0 Å². The van der Waals surface area contributed by atoms with Crippen molar-refractivity contribution in [1.82, 2.24) is 0 Å². The van der Waals surface area contributed by atoms with E-state index in [2.05, 4.69) is 44.0 Å². The van der Waals surface area contributed by atoms with Crippen molar-refractivity contribution >= 4 is 5.78 Å². The molecule has 0 amide bonds.